The van der Waals surface area contributed by atoms with Crippen molar-refractivity contribution in [2.75, 3.05) is 13.2 Å². The summed E-state index contributed by atoms with van der Waals surface area (Å²) in [7, 11) is 0. The standard InChI is InChI=1S/C12H17BrFNO/c1-3-16-8-12(2,15)7-9-5-4-6-10(14)11(9)13/h4-6H,3,7-8,15H2,1-2H3. The van der Waals surface area contributed by atoms with Crippen molar-refractivity contribution in [1.29, 1.82) is 0 Å². The molecule has 0 spiro atoms. The van der Waals surface area contributed by atoms with Crippen LogP contribution in [0.3, 0.4) is 0 Å². The molecule has 0 aromatic heterocycles. The maximum atomic E-state index is 13.3. The molecule has 1 aromatic rings. The summed E-state index contributed by atoms with van der Waals surface area (Å²) in [6.07, 6.45) is 0.575. The predicted octanol–water partition coefficient (Wildman–Crippen LogP) is 2.88. The molecule has 2 N–H and O–H groups in total. The summed E-state index contributed by atoms with van der Waals surface area (Å²) < 4.78 is 19.1. The van der Waals surface area contributed by atoms with E-state index in [4.69, 9.17) is 10.5 Å². The number of nitrogens with two attached hydrogens (primary N) is 1. The van der Waals surface area contributed by atoms with Gasteiger partial charge in [-0.15, -0.1) is 0 Å². The Bertz CT molecular complexity index is 355. The van der Waals surface area contributed by atoms with Gasteiger partial charge in [0.25, 0.3) is 0 Å². The molecular formula is C12H17BrFNO. The van der Waals surface area contributed by atoms with Gasteiger partial charge in [0.05, 0.1) is 11.1 Å². The Morgan fingerprint density at radius 1 is 1.50 bits per heavy atom. The SMILES string of the molecule is CCOCC(C)(N)Cc1cccc(F)c1Br. The van der Waals surface area contributed by atoms with Crippen LogP contribution in [0.5, 0.6) is 0 Å². The summed E-state index contributed by atoms with van der Waals surface area (Å²) in [5.41, 5.74) is 6.47. The first-order valence-electron chi connectivity index (χ1n) is 5.26. The minimum absolute atomic E-state index is 0.260. The zero-order chi connectivity index (χ0) is 12.2. The Labute approximate surface area is 104 Å². The maximum Gasteiger partial charge on any atom is 0.137 e. The van der Waals surface area contributed by atoms with Crippen LogP contribution in [0.4, 0.5) is 4.39 Å². The third-order valence-corrected chi connectivity index (χ3v) is 3.15. The minimum atomic E-state index is -0.480. The Kier molecular flexibility index (Phi) is 4.89. The number of hydrogen-bond acceptors (Lipinski definition) is 2. The van der Waals surface area contributed by atoms with Gasteiger partial charge in [-0.2, -0.15) is 0 Å². The van der Waals surface area contributed by atoms with Gasteiger partial charge in [0.1, 0.15) is 5.82 Å². The van der Waals surface area contributed by atoms with Crippen molar-refractivity contribution in [3.63, 3.8) is 0 Å². The molecule has 0 saturated heterocycles. The normalized spacial score (nSPS) is 14.8. The molecular weight excluding hydrogens is 273 g/mol. The first kappa shape index (κ1) is 13.6. The molecule has 90 valence electrons. The summed E-state index contributed by atoms with van der Waals surface area (Å²) in [5, 5.41) is 0. The van der Waals surface area contributed by atoms with Gasteiger partial charge >= 0.3 is 0 Å². The fraction of sp³-hybridized carbons (Fsp3) is 0.500. The molecule has 1 aromatic carbocycles. The second kappa shape index (κ2) is 5.75. The summed E-state index contributed by atoms with van der Waals surface area (Å²) in [4.78, 5) is 0. The van der Waals surface area contributed by atoms with E-state index in [1.165, 1.54) is 6.07 Å². The lowest BCUT2D eigenvalue weighted by atomic mass is 9.95. The highest BCUT2D eigenvalue weighted by Crippen LogP contribution is 2.23. The first-order chi connectivity index (χ1) is 7.46. The average Bonchev–Trinajstić information content (AvgIpc) is 2.22. The Morgan fingerprint density at radius 3 is 2.81 bits per heavy atom. The second-order valence-electron chi connectivity index (χ2n) is 4.18. The van der Waals surface area contributed by atoms with Crippen LogP contribution in [0.25, 0.3) is 0 Å². The zero-order valence-corrected chi connectivity index (χ0v) is 11.2. The molecule has 1 rings (SSSR count). The molecule has 0 aliphatic heterocycles. The van der Waals surface area contributed by atoms with E-state index in [2.05, 4.69) is 15.9 Å². The molecule has 0 aliphatic carbocycles. The topological polar surface area (TPSA) is 35.2 Å². The van der Waals surface area contributed by atoms with Crippen LogP contribution in [0.1, 0.15) is 19.4 Å². The van der Waals surface area contributed by atoms with Crippen molar-refractivity contribution >= 4 is 15.9 Å². The molecule has 2 nitrogen and oxygen atoms in total. The molecule has 0 aliphatic rings. The maximum absolute atomic E-state index is 13.3. The largest absolute Gasteiger partial charge is 0.380 e. The van der Waals surface area contributed by atoms with Gasteiger partial charge in [0, 0.05) is 12.1 Å². The fourth-order valence-electron chi connectivity index (χ4n) is 1.51. The zero-order valence-electron chi connectivity index (χ0n) is 9.59. The third kappa shape index (κ3) is 3.85. The summed E-state index contributed by atoms with van der Waals surface area (Å²) in [5.74, 6) is -0.260. The van der Waals surface area contributed by atoms with Crippen molar-refractivity contribution < 1.29 is 9.13 Å². The number of hydrogen-bond donors (Lipinski definition) is 1. The lowest BCUT2D eigenvalue weighted by Gasteiger charge is -2.24. The molecule has 1 unspecified atom stereocenters. The fourth-order valence-corrected chi connectivity index (χ4v) is 1.91. The van der Waals surface area contributed by atoms with E-state index >= 15 is 0 Å². The number of rotatable bonds is 5. The third-order valence-electron chi connectivity index (χ3n) is 2.26. The van der Waals surface area contributed by atoms with Crippen LogP contribution < -0.4 is 5.73 Å². The van der Waals surface area contributed by atoms with E-state index in [1.54, 1.807) is 6.07 Å². The number of halogens is 2. The van der Waals surface area contributed by atoms with Crippen LogP contribution in [0.2, 0.25) is 0 Å². The van der Waals surface area contributed by atoms with E-state index in [9.17, 15) is 4.39 Å². The van der Waals surface area contributed by atoms with Gasteiger partial charge in [0.2, 0.25) is 0 Å². The van der Waals surface area contributed by atoms with Crippen LogP contribution >= 0.6 is 15.9 Å². The van der Waals surface area contributed by atoms with Crippen LogP contribution in [-0.2, 0) is 11.2 Å². The highest BCUT2D eigenvalue weighted by Gasteiger charge is 2.21. The first-order valence-corrected chi connectivity index (χ1v) is 6.05. The Balaban J connectivity index is 2.75. The van der Waals surface area contributed by atoms with Crippen LogP contribution in [0, 0.1) is 5.82 Å². The van der Waals surface area contributed by atoms with Crippen molar-refractivity contribution in [3.8, 4) is 0 Å². The Hall–Kier alpha value is -0.450. The molecule has 0 heterocycles. The molecule has 1 atom stereocenters. The average molecular weight is 290 g/mol. The Morgan fingerprint density at radius 2 is 2.19 bits per heavy atom. The van der Waals surface area contributed by atoms with Crippen molar-refractivity contribution in [2.45, 2.75) is 25.8 Å². The monoisotopic (exact) mass is 289 g/mol. The molecule has 0 amide bonds. The van der Waals surface area contributed by atoms with Crippen molar-refractivity contribution in [2.24, 2.45) is 5.73 Å². The second-order valence-corrected chi connectivity index (χ2v) is 4.97. The smallest absolute Gasteiger partial charge is 0.137 e. The quantitative estimate of drug-likeness (QED) is 0.905. The number of benzene rings is 1. The molecule has 0 radical (unpaired) electrons. The van der Waals surface area contributed by atoms with Gasteiger partial charge in [-0.25, -0.2) is 4.39 Å². The molecule has 0 saturated carbocycles. The summed E-state index contributed by atoms with van der Waals surface area (Å²) >= 11 is 3.23. The van der Waals surface area contributed by atoms with E-state index in [-0.39, 0.29) is 5.82 Å². The predicted molar refractivity (Wildman–Crippen MR) is 66.9 cm³/mol. The molecule has 4 heteroatoms. The van der Waals surface area contributed by atoms with Crippen molar-refractivity contribution in [3.05, 3.63) is 34.1 Å². The lowest BCUT2D eigenvalue weighted by Crippen LogP contribution is -2.43. The van der Waals surface area contributed by atoms with E-state index < -0.39 is 5.54 Å². The van der Waals surface area contributed by atoms with E-state index in [1.807, 2.05) is 19.9 Å². The van der Waals surface area contributed by atoms with Gasteiger partial charge in [-0.3, -0.25) is 0 Å². The van der Waals surface area contributed by atoms with Crippen LogP contribution in [0.15, 0.2) is 22.7 Å². The van der Waals surface area contributed by atoms with Gasteiger partial charge in [-0.1, -0.05) is 12.1 Å². The summed E-state index contributed by atoms with van der Waals surface area (Å²) in [6, 6.07) is 4.97. The molecule has 0 fully saturated rings. The highest BCUT2D eigenvalue weighted by molar-refractivity contribution is 9.10. The highest BCUT2D eigenvalue weighted by atomic mass is 79.9. The molecule has 0 bridgehead atoms. The van der Waals surface area contributed by atoms with E-state index in [0.717, 1.165) is 5.56 Å². The molecule has 16 heavy (non-hydrogen) atoms. The van der Waals surface area contributed by atoms with Crippen LogP contribution in [-0.4, -0.2) is 18.8 Å². The van der Waals surface area contributed by atoms with Gasteiger partial charge in [-0.05, 0) is 47.8 Å². The van der Waals surface area contributed by atoms with Crippen molar-refractivity contribution in [1.82, 2.24) is 0 Å². The lowest BCUT2D eigenvalue weighted by molar-refractivity contribution is 0.101. The van der Waals surface area contributed by atoms with E-state index in [0.29, 0.717) is 24.1 Å². The van der Waals surface area contributed by atoms with Gasteiger partial charge < -0.3 is 10.5 Å². The van der Waals surface area contributed by atoms with Gasteiger partial charge in [0.15, 0.2) is 0 Å². The minimum Gasteiger partial charge on any atom is -0.380 e. The summed E-state index contributed by atoms with van der Waals surface area (Å²) in [6.45, 7) is 4.93. The number of ether oxygens (including phenoxy) is 1.